The number of carbonyl (C=O) groups excluding carboxylic acids is 1. The summed E-state index contributed by atoms with van der Waals surface area (Å²) < 4.78 is 5.82. The highest BCUT2D eigenvalue weighted by Crippen LogP contribution is 2.28. The van der Waals surface area contributed by atoms with Crippen LogP contribution in [0, 0.1) is 0 Å². The molecule has 0 saturated carbocycles. The van der Waals surface area contributed by atoms with Gasteiger partial charge < -0.3 is 15.2 Å². The fourth-order valence-electron chi connectivity index (χ4n) is 3.50. The molecule has 0 aliphatic carbocycles. The number of nitrogens with one attached hydrogen (secondary N) is 1. The number of likely N-dealkylation sites (tertiary alicyclic amines) is 1. The van der Waals surface area contributed by atoms with E-state index in [1.54, 1.807) is 6.20 Å². The summed E-state index contributed by atoms with van der Waals surface area (Å²) in [5.74, 6) is -0.00920. The quantitative estimate of drug-likeness (QED) is 0.798. The summed E-state index contributed by atoms with van der Waals surface area (Å²) in [6, 6.07) is 12.7. The molecule has 0 radical (unpaired) electrons. The van der Waals surface area contributed by atoms with Gasteiger partial charge in [-0.25, -0.2) is 0 Å². The first-order chi connectivity index (χ1) is 13.1. The van der Waals surface area contributed by atoms with Gasteiger partial charge in [0.2, 0.25) is 5.91 Å². The van der Waals surface area contributed by atoms with Gasteiger partial charge in [-0.05, 0) is 29.2 Å². The van der Waals surface area contributed by atoms with E-state index in [1.165, 1.54) is 11.1 Å². The number of hydrogen-bond acceptors (Lipinski definition) is 5. The molecular weight excluding hydrogens is 346 g/mol. The minimum absolute atomic E-state index is 0.00920. The van der Waals surface area contributed by atoms with Crippen LogP contribution >= 0.6 is 0 Å². The normalized spacial score (nSPS) is 22.0. The average Bonchev–Trinajstić information content (AvgIpc) is 3.09. The van der Waals surface area contributed by atoms with Crippen LogP contribution in [0.5, 0.6) is 0 Å². The predicted octanol–water partition coefficient (Wildman–Crippen LogP) is 1.54. The van der Waals surface area contributed by atoms with Gasteiger partial charge in [0, 0.05) is 38.6 Å². The first-order valence-corrected chi connectivity index (χ1v) is 8.84. The minimum Gasteiger partial charge on any atom is -0.483 e. The number of carbonyl (C=O) groups is 2. The predicted molar refractivity (Wildman–Crippen MR) is 100.0 cm³/mol. The molecule has 3 heterocycles. The number of hydrogen-bond donors (Lipinski definition) is 2. The third-order valence-electron chi connectivity index (χ3n) is 4.87. The van der Waals surface area contributed by atoms with Gasteiger partial charge in [-0.3, -0.25) is 19.5 Å². The Bertz CT molecular complexity index is 755. The Morgan fingerprint density at radius 3 is 2.67 bits per heavy atom. The zero-order valence-corrected chi connectivity index (χ0v) is 15.0. The third kappa shape index (κ3) is 4.90. The van der Waals surface area contributed by atoms with E-state index in [0.717, 1.165) is 31.6 Å². The summed E-state index contributed by atoms with van der Waals surface area (Å²) in [5.41, 5.74) is 3.42. The van der Waals surface area contributed by atoms with Gasteiger partial charge >= 0.3 is 0 Å². The highest BCUT2D eigenvalue weighted by atomic mass is 16.5. The first kappa shape index (κ1) is 19.0. The van der Waals surface area contributed by atoms with Crippen molar-refractivity contribution in [3.8, 4) is 11.1 Å². The molecule has 2 aliphatic rings. The maximum atomic E-state index is 11.3. The second-order valence-corrected chi connectivity index (χ2v) is 6.75. The van der Waals surface area contributed by atoms with Crippen molar-refractivity contribution in [1.29, 1.82) is 0 Å². The van der Waals surface area contributed by atoms with E-state index in [1.807, 2.05) is 12.3 Å². The smallest absolute Gasteiger partial charge is 0.290 e. The molecule has 27 heavy (non-hydrogen) atoms. The van der Waals surface area contributed by atoms with Crippen LogP contribution in [0.15, 0.2) is 48.8 Å². The maximum Gasteiger partial charge on any atom is 0.290 e. The van der Waals surface area contributed by atoms with Crippen molar-refractivity contribution in [1.82, 2.24) is 15.2 Å². The third-order valence-corrected chi connectivity index (χ3v) is 4.87. The molecule has 2 fully saturated rings. The monoisotopic (exact) mass is 369 g/mol. The number of pyridine rings is 1. The molecule has 1 amide bonds. The van der Waals surface area contributed by atoms with E-state index in [9.17, 15) is 4.79 Å². The molecule has 7 heteroatoms. The standard InChI is InChI=1S/C19H21N3O2.CH2O2/c23-18-12-24-19(13-21-18)7-9-22(14-19)11-15-3-5-16(6-4-15)17-2-1-8-20-10-17;2-1-3/h1-6,8,10H,7,9,11-14H2,(H,21,23);1H,(H,2,3). The molecule has 2 aromatic rings. The summed E-state index contributed by atoms with van der Waals surface area (Å²) >= 11 is 0. The highest BCUT2D eigenvalue weighted by molar-refractivity contribution is 5.78. The fraction of sp³-hybridized carbons (Fsp3) is 0.350. The number of morpholine rings is 1. The van der Waals surface area contributed by atoms with Crippen LogP contribution in [0.2, 0.25) is 0 Å². The topological polar surface area (TPSA) is 91.8 Å². The van der Waals surface area contributed by atoms with Crippen LogP contribution in [0.25, 0.3) is 11.1 Å². The van der Waals surface area contributed by atoms with Crippen molar-refractivity contribution in [2.75, 3.05) is 26.2 Å². The van der Waals surface area contributed by atoms with Crippen molar-refractivity contribution in [3.05, 3.63) is 54.4 Å². The van der Waals surface area contributed by atoms with Crippen LogP contribution in [-0.2, 0) is 20.9 Å². The van der Waals surface area contributed by atoms with Gasteiger partial charge in [0.1, 0.15) is 6.61 Å². The molecule has 0 bridgehead atoms. The van der Waals surface area contributed by atoms with Crippen molar-refractivity contribution >= 4 is 12.4 Å². The Hall–Kier alpha value is -2.77. The van der Waals surface area contributed by atoms with E-state index in [4.69, 9.17) is 14.6 Å². The Labute approximate surface area is 158 Å². The largest absolute Gasteiger partial charge is 0.483 e. The highest BCUT2D eigenvalue weighted by Gasteiger charge is 2.41. The van der Waals surface area contributed by atoms with Crippen LogP contribution < -0.4 is 5.32 Å². The molecule has 1 atom stereocenters. The molecule has 4 rings (SSSR count). The summed E-state index contributed by atoms with van der Waals surface area (Å²) in [6.45, 7) is 3.35. The zero-order valence-electron chi connectivity index (χ0n) is 15.0. The van der Waals surface area contributed by atoms with E-state index in [2.05, 4.69) is 45.5 Å². The SMILES string of the molecule is O=C1COC2(CCN(Cc3ccc(-c4cccnc4)cc3)C2)CN1.O=CO. The Morgan fingerprint density at radius 2 is 2.04 bits per heavy atom. The second kappa shape index (κ2) is 8.75. The molecule has 2 N–H and O–H groups in total. The zero-order chi connectivity index (χ0) is 19.1. The van der Waals surface area contributed by atoms with Gasteiger partial charge in [-0.1, -0.05) is 30.3 Å². The molecule has 2 saturated heterocycles. The Balaban J connectivity index is 0.000000659. The average molecular weight is 369 g/mol. The van der Waals surface area contributed by atoms with Crippen LogP contribution in [0.3, 0.4) is 0 Å². The number of benzene rings is 1. The van der Waals surface area contributed by atoms with E-state index in [0.29, 0.717) is 6.54 Å². The van der Waals surface area contributed by atoms with E-state index in [-0.39, 0.29) is 24.6 Å². The molecule has 2 aliphatic heterocycles. The molecule has 1 aromatic heterocycles. The summed E-state index contributed by atoms with van der Waals surface area (Å²) in [5, 5.41) is 9.82. The summed E-state index contributed by atoms with van der Waals surface area (Å²) in [4.78, 5) is 26.2. The first-order valence-electron chi connectivity index (χ1n) is 8.84. The van der Waals surface area contributed by atoms with Crippen LogP contribution in [-0.4, -0.2) is 59.2 Å². The van der Waals surface area contributed by atoms with Crippen LogP contribution in [0.1, 0.15) is 12.0 Å². The Morgan fingerprint density at radius 1 is 1.26 bits per heavy atom. The van der Waals surface area contributed by atoms with Gasteiger partial charge in [0.15, 0.2) is 0 Å². The number of nitrogens with zero attached hydrogens (tertiary/aromatic N) is 2. The van der Waals surface area contributed by atoms with Gasteiger partial charge in [0.25, 0.3) is 6.47 Å². The molecular formula is C20H23N3O4. The molecule has 1 aromatic carbocycles. The Kier molecular flexibility index (Phi) is 6.16. The van der Waals surface area contributed by atoms with Gasteiger partial charge in [-0.15, -0.1) is 0 Å². The number of aromatic nitrogens is 1. The maximum absolute atomic E-state index is 11.3. The fourth-order valence-corrected chi connectivity index (χ4v) is 3.50. The number of carboxylic acid groups (broad SMARTS) is 1. The molecule has 7 nitrogen and oxygen atoms in total. The van der Waals surface area contributed by atoms with E-state index < -0.39 is 0 Å². The van der Waals surface area contributed by atoms with Crippen molar-refractivity contribution in [2.24, 2.45) is 0 Å². The molecule has 142 valence electrons. The van der Waals surface area contributed by atoms with Crippen LogP contribution in [0.4, 0.5) is 0 Å². The summed E-state index contributed by atoms with van der Waals surface area (Å²) in [6.07, 6.45) is 4.64. The second-order valence-electron chi connectivity index (χ2n) is 6.75. The summed E-state index contributed by atoms with van der Waals surface area (Å²) in [7, 11) is 0. The van der Waals surface area contributed by atoms with E-state index >= 15 is 0 Å². The lowest BCUT2D eigenvalue weighted by atomic mass is 10.0. The lowest BCUT2D eigenvalue weighted by Crippen LogP contribution is -2.53. The van der Waals surface area contributed by atoms with Crippen molar-refractivity contribution < 1.29 is 19.4 Å². The van der Waals surface area contributed by atoms with Crippen molar-refractivity contribution in [3.63, 3.8) is 0 Å². The number of amides is 1. The van der Waals surface area contributed by atoms with Gasteiger partial charge in [-0.2, -0.15) is 0 Å². The van der Waals surface area contributed by atoms with Crippen molar-refractivity contribution in [2.45, 2.75) is 18.6 Å². The molecule has 1 spiro atoms. The number of rotatable bonds is 3. The minimum atomic E-state index is -0.250. The molecule has 1 unspecified atom stereocenters. The van der Waals surface area contributed by atoms with Gasteiger partial charge in [0.05, 0.1) is 5.60 Å². The lowest BCUT2D eigenvalue weighted by Gasteiger charge is -2.33. The lowest BCUT2D eigenvalue weighted by molar-refractivity contribution is -0.142. The number of ether oxygens (including phenoxy) is 1.